The highest BCUT2D eigenvalue weighted by Gasteiger charge is 2.38. The van der Waals surface area contributed by atoms with Gasteiger partial charge in [0.2, 0.25) is 0 Å². The van der Waals surface area contributed by atoms with Gasteiger partial charge in [-0.25, -0.2) is 0 Å². The predicted octanol–water partition coefficient (Wildman–Crippen LogP) is 3.68. The van der Waals surface area contributed by atoms with E-state index in [9.17, 15) is 5.11 Å². The number of aliphatic hydroxyl groups is 1. The molecule has 3 rings (SSSR count). The number of hydrogen-bond donors (Lipinski definition) is 3. The van der Waals surface area contributed by atoms with Gasteiger partial charge in [0.1, 0.15) is 0 Å². The number of nitrogens with one attached hydrogen (secondary N) is 2. The van der Waals surface area contributed by atoms with E-state index < -0.39 is 0 Å². The van der Waals surface area contributed by atoms with Crippen molar-refractivity contribution in [2.45, 2.75) is 57.8 Å². The van der Waals surface area contributed by atoms with Gasteiger partial charge in [0, 0.05) is 26.2 Å². The van der Waals surface area contributed by atoms with Crippen molar-refractivity contribution in [3.8, 4) is 0 Å². The molecular weight excluding hydrogens is 322 g/mol. The Hall–Kier alpha value is -1.55. The van der Waals surface area contributed by atoms with Gasteiger partial charge in [-0.2, -0.15) is 0 Å². The maximum absolute atomic E-state index is 9.49. The van der Waals surface area contributed by atoms with Crippen molar-refractivity contribution >= 4 is 5.96 Å². The van der Waals surface area contributed by atoms with Crippen LogP contribution in [0.1, 0.15) is 63.4 Å². The third-order valence-corrected chi connectivity index (χ3v) is 6.16. The molecule has 0 aliphatic heterocycles. The molecule has 0 amide bonds. The topological polar surface area (TPSA) is 56.7 Å². The van der Waals surface area contributed by atoms with Crippen molar-refractivity contribution in [3.05, 3.63) is 35.9 Å². The Balaban J connectivity index is 1.52. The number of aliphatic imine (C=N–C) groups is 1. The number of hydrogen-bond acceptors (Lipinski definition) is 2. The van der Waals surface area contributed by atoms with Crippen LogP contribution in [0, 0.1) is 11.3 Å². The first kappa shape index (κ1) is 19.2. The average molecular weight is 358 g/mol. The number of benzene rings is 1. The summed E-state index contributed by atoms with van der Waals surface area (Å²) in [6, 6.07) is 10.8. The Labute approximate surface area is 158 Å². The fourth-order valence-corrected chi connectivity index (χ4v) is 4.42. The first-order valence-electron chi connectivity index (χ1n) is 10.4. The molecule has 2 unspecified atom stereocenters. The maximum Gasteiger partial charge on any atom is 0.191 e. The SMILES string of the molecule is CCNC(=NCC1(CCO)CCCCC1)NCC1CC1c1ccccc1. The van der Waals surface area contributed by atoms with Gasteiger partial charge >= 0.3 is 0 Å². The zero-order chi connectivity index (χ0) is 18.2. The van der Waals surface area contributed by atoms with E-state index in [2.05, 4.69) is 47.9 Å². The Morgan fingerprint density at radius 1 is 1.15 bits per heavy atom. The van der Waals surface area contributed by atoms with Gasteiger partial charge in [0.25, 0.3) is 0 Å². The minimum absolute atomic E-state index is 0.210. The van der Waals surface area contributed by atoms with Gasteiger partial charge in [-0.3, -0.25) is 4.99 Å². The number of nitrogens with zero attached hydrogens (tertiary/aromatic N) is 1. The van der Waals surface area contributed by atoms with Crippen LogP contribution in [0.15, 0.2) is 35.3 Å². The summed E-state index contributed by atoms with van der Waals surface area (Å²) in [5.41, 5.74) is 1.67. The molecule has 0 radical (unpaired) electrons. The number of guanidine groups is 1. The maximum atomic E-state index is 9.49. The van der Waals surface area contributed by atoms with Gasteiger partial charge in [0.05, 0.1) is 0 Å². The molecule has 0 heterocycles. The van der Waals surface area contributed by atoms with Gasteiger partial charge < -0.3 is 15.7 Å². The second-order valence-electron chi connectivity index (χ2n) is 8.12. The van der Waals surface area contributed by atoms with Crippen molar-refractivity contribution in [2.75, 3.05) is 26.2 Å². The highest BCUT2D eigenvalue weighted by Crippen LogP contribution is 2.46. The van der Waals surface area contributed by atoms with E-state index in [-0.39, 0.29) is 12.0 Å². The van der Waals surface area contributed by atoms with Crippen LogP contribution in [0.5, 0.6) is 0 Å². The molecule has 3 N–H and O–H groups in total. The summed E-state index contributed by atoms with van der Waals surface area (Å²) >= 11 is 0. The molecule has 0 aromatic heterocycles. The molecule has 0 bridgehead atoms. The first-order valence-corrected chi connectivity index (χ1v) is 10.4. The van der Waals surface area contributed by atoms with Crippen LogP contribution in [-0.2, 0) is 0 Å². The molecule has 4 nitrogen and oxygen atoms in total. The van der Waals surface area contributed by atoms with E-state index >= 15 is 0 Å². The van der Waals surface area contributed by atoms with Crippen LogP contribution in [0.2, 0.25) is 0 Å². The Bertz CT molecular complexity index is 561. The van der Waals surface area contributed by atoms with E-state index in [1.54, 1.807) is 0 Å². The van der Waals surface area contributed by atoms with E-state index in [0.29, 0.717) is 11.8 Å². The first-order chi connectivity index (χ1) is 12.8. The Morgan fingerprint density at radius 2 is 1.92 bits per heavy atom. The van der Waals surface area contributed by atoms with Crippen LogP contribution in [-0.4, -0.2) is 37.3 Å². The van der Waals surface area contributed by atoms with Crippen LogP contribution in [0.4, 0.5) is 0 Å². The summed E-state index contributed by atoms with van der Waals surface area (Å²) in [6.07, 6.45) is 8.45. The standard InChI is InChI=1S/C22H35N3O/c1-2-23-21(25-17-22(13-14-26)11-7-4-8-12-22)24-16-19-15-20(19)18-9-5-3-6-10-18/h3,5-6,9-10,19-20,26H,2,4,7-8,11-17H2,1H3,(H2,23,24,25). The van der Waals surface area contributed by atoms with Gasteiger partial charge in [-0.05, 0) is 55.4 Å². The third kappa shape index (κ3) is 5.23. The molecule has 2 aliphatic rings. The van der Waals surface area contributed by atoms with Crippen molar-refractivity contribution in [3.63, 3.8) is 0 Å². The monoisotopic (exact) mass is 357 g/mol. The van der Waals surface area contributed by atoms with E-state index in [0.717, 1.165) is 32.0 Å². The van der Waals surface area contributed by atoms with Crippen molar-refractivity contribution in [1.29, 1.82) is 0 Å². The highest BCUT2D eigenvalue weighted by atomic mass is 16.3. The number of aliphatic hydroxyl groups excluding tert-OH is 1. The molecule has 4 heteroatoms. The third-order valence-electron chi connectivity index (χ3n) is 6.16. The summed E-state index contributed by atoms with van der Waals surface area (Å²) in [5.74, 6) is 2.35. The molecule has 26 heavy (non-hydrogen) atoms. The molecule has 2 fully saturated rings. The van der Waals surface area contributed by atoms with Gasteiger partial charge in [-0.1, -0.05) is 49.6 Å². The zero-order valence-electron chi connectivity index (χ0n) is 16.2. The lowest BCUT2D eigenvalue weighted by atomic mass is 9.72. The molecular formula is C22H35N3O. The summed E-state index contributed by atoms with van der Waals surface area (Å²) in [4.78, 5) is 4.91. The summed E-state index contributed by atoms with van der Waals surface area (Å²) < 4.78 is 0. The average Bonchev–Trinajstić information content (AvgIpc) is 3.46. The summed E-state index contributed by atoms with van der Waals surface area (Å²) in [7, 11) is 0. The lowest BCUT2D eigenvalue weighted by molar-refractivity contribution is 0.137. The van der Waals surface area contributed by atoms with Crippen LogP contribution < -0.4 is 10.6 Å². The van der Waals surface area contributed by atoms with Crippen LogP contribution >= 0.6 is 0 Å². The van der Waals surface area contributed by atoms with E-state index in [4.69, 9.17) is 4.99 Å². The quantitative estimate of drug-likeness (QED) is 0.491. The molecule has 0 spiro atoms. The molecule has 1 aromatic rings. The Morgan fingerprint density at radius 3 is 2.62 bits per heavy atom. The normalized spacial score (nSPS) is 24.9. The molecule has 144 valence electrons. The fourth-order valence-electron chi connectivity index (χ4n) is 4.42. The van der Waals surface area contributed by atoms with E-state index in [1.165, 1.54) is 44.1 Å². The minimum Gasteiger partial charge on any atom is -0.396 e. The zero-order valence-corrected chi connectivity index (χ0v) is 16.2. The van der Waals surface area contributed by atoms with Gasteiger partial charge in [-0.15, -0.1) is 0 Å². The van der Waals surface area contributed by atoms with Crippen molar-refractivity contribution in [1.82, 2.24) is 10.6 Å². The highest BCUT2D eigenvalue weighted by molar-refractivity contribution is 5.79. The number of rotatable bonds is 8. The lowest BCUT2D eigenvalue weighted by Crippen LogP contribution is -2.40. The van der Waals surface area contributed by atoms with Crippen LogP contribution in [0.3, 0.4) is 0 Å². The Kier molecular flexibility index (Phi) is 6.95. The minimum atomic E-state index is 0.210. The molecule has 2 atom stereocenters. The van der Waals surface area contributed by atoms with Gasteiger partial charge in [0.15, 0.2) is 5.96 Å². The second-order valence-corrected chi connectivity index (χ2v) is 8.12. The largest absolute Gasteiger partial charge is 0.396 e. The van der Waals surface area contributed by atoms with Crippen molar-refractivity contribution < 1.29 is 5.11 Å². The van der Waals surface area contributed by atoms with E-state index in [1.807, 2.05) is 0 Å². The second kappa shape index (κ2) is 9.40. The van der Waals surface area contributed by atoms with Crippen LogP contribution in [0.25, 0.3) is 0 Å². The summed E-state index contributed by atoms with van der Waals surface area (Å²) in [6.45, 7) is 5.09. The molecule has 1 aromatic carbocycles. The fraction of sp³-hybridized carbons (Fsp3) is 0.682. The van der Waals surface area contributed by atoms with Crippen molar-refractivity contribution in [2.24, 2.45) is 16.3 Å². The smallest absolute Gasteiger partial charge is 0.191 e. The molecule has 2 saturated carbocycles. The molecule has 0 saturated heterocycles. The summed E-state index contributed by atoms with van der Waals surface area (Å²) in [5, 5.41) is 16.4. The predicted molar refractivity (Wildman–Crippen MR) is 108 cm³/mol. The lowest BCUT2D eigenvalue weighted by Gasteiger charge is -2.35. The molecule has 2 aliphatic carbocycles.